The predicted molar refractivity (Wildman–Crippen MR) is 129 cm³/mol. The average molecular weight is 475 g/mol. The summed E-state index contributed by atoms with van der Waals surface area (Å²) in [5.74, 6) is 0.181. The van der Waals surface area contributed by atoms with Crippen molar-refractivity contribution in [3.05, 3.63) is 23.8 Å². The summed E-state index contributed by atoms with van der Waals surface area (Å²) in [6.45, 7) is 9.23. The fourth-order valence-electron chi connectivity index (χ4n) is 3.56. The quantitative estimate of drug-likeness (QED) is 0.277. The molecule has 5 nitrogen and oxygen atoms in total. The van der Waals surface area contributed by atoms with Gasteiger partial charge in [0, 0.05) is 49.0 Å². The minimum Gasteiger partial charge on any atom is -0.368 e. The van der Waals surface area contributed by atoms with Crippen LogP contribution in [0.4, 0.5) is 18.9 Å². The number of carbonyl (C=O) groups is 1. The molecular formula is C23H37F3N4OS. The Morgan fingerprint density at radius 2 is 1.78 bits per heavy atom. The molecule has 0 saturated carbocycles. The van der Waals surface area contributed by atoms with E-state index in [1.54, 1.807) is 0 Å². The van der Waals surface area contributed by atoms with Crippen molar-refractivity contribution in [2.45, 2.75) is 58.5 Å². The first-order valence-corrected chi connectivity index (χ1v) is 12.4. The van der Waals surface area contributed by atoms with Gasteiger partial charge in [0.1, 0.15) is 6.54 Å². The molecule has 0 spiro atoms. The Balaban J connectivity index is 0.00000118. The van der Waals surface area contributed by atoms with E-state index in [1.165, 1.54) is 16.1 Å². The molecule has 2 rings (SSSR count). The van der Waals surface area contributed by atoms with Crippen LogP contribution in [0.2, 0.25) is 0 Å². The monoisotopic (exact) mass is 474 g/mol. The highest BCUT2D eigenvalue weighted by atomic mass is 32.2. The second kappa shape index (κ2) is 15.0. The van der Waals surface area contributed by atoms with Crippen molar-refractivity contribution >= 4 is 29.1 Å². The number of hydrogen-bond acceptors (Lipinski definition) is 5. The smallest absolute Gasteiger partial charge is 0.368 e. The van der Waals surface area contributed by atoms with Crippen LogP contribution in [-0.2, 0) is 11.2 Å². The number of aryl methyl sites for hydroxylation is 1. The second-order valence-corrected chi connectivity index (χ2v) is 8.38. The van der Waals surface area contributed by atoms with Gasteiger partial charge in [0.05, 0.1) is 0 Å². The molecule has 1 amide bonds. The molecular weight excluding hydrogens is 437 g/mol. The van der Waals surface area contributed by atoms with E-state index in [9.17, 15) is 18.0 Å². The maximum absolute atomic E-state index is 12.7. The number of piperazine rings is 1. The van der Waals surface area contributed by atoms with E-state index in [0.717, 1.165) is 57.7 Å². The topological polar surface area (TPSA) is 39.2 Å². The van der Waals surface area contributed by atoms with Crippen molar-refractivity contribution in [2.24, 2.45) is 5.10 Å². The lowest BCUT2D eigenvalue weighted by Gasteiger charge is -2.37. The van der Waals surface area contributed by atoms with Crippen molar-refractivity contribution in [1.82, 2.24) is 9.91 Å². The maximum Gasteiger partial charge on any atom is 0.379 e. The van der Waals surface area contributed by atoms with E-state index in [2.05, 4.69) is 55.2 Å². The first kappa shape index (κ1) is 28.1. The summed E-state index contributed by atoms with van der Waals surface area (Å²) >= 11 is 1.81. The first-order valence-electron chi connectivity index (χ1n) is 11.2. The molecule has 1 saturated heterocycles. The van der Waals surface area contributed by atoms with Crippen molar-refractivity contribution in [1.29, 1.82) is 0 Å². The number of anilines is 1. The molecule has 0 atom stereocenters. The van der Waals surface area contributed by atoms with E-state index in [4.69, 9.17) is 0 Å². The van der Waals surface area contributed by atoms with Crippen LogP contribution in [0, 0.1) is 0 Å². The highest BCUT2D eigenvalue weighted by Gasteiger charge is 2.22. The van der Waals surface area contributed by atoms with Crippen LogP contribution >= 0.6 is 11.8 Å². The summed E-state index contributed by atoms with van der Waals surface area (Å²) in [7, 11) is 0. The molecule has 1 aromatic carbocycles. The number of thioether (sulfide) groups is 1. The van der Waals surface area contributed by atoms with Gasteiger partial charge in [-0.3, -0.25) is 9.80 Å². The number of nitrogens with zero attached hydrogens (tertiary/aromatic N) is 4. The summed E-state index contributed by atoms with van der Waals surface area (Å²) in [4.78, 5) is 18.5. The minimum atomic E-state index is -3.67. The van der Waals surface area contributed by atoms with E-state index >= 15 is 0 Å². The van der Waals surface area contributed by atoms with E-state index < -0.39 is 6.68 Å². The molecule has 9 heteroatoms. The SMILES string of the molecule is CCC/C(C)=N\N(CC)CC(=O)N1CCN(c2ccc(CC)c(SC)c2)CC1.FC(F)F. The number of hydrazone groups is 1. The highest BCUT2D eigenvalue weighted by Crippen LogP contribution is 2.27. The van der Waals surface area contributed by atoms with Crippen molar-refractivity contribution in [3.8, 4) is 0 Å². The van der Waals surface area contributed by atoms with Crippen molar-refractivity contribution in [3.63, 3.8) is 0 Å². The molecule has 1 aromatic rings. The molecule has 0 unspecified atom stereocenters. The predicted octanol–water partition coefficient (Wildman–Crippen LogP) is 5.30. The van der Waals surface area contributed by atoms with Crippen LogP contribution in [-0.4, -0.2) is 73.7 Å². The summed E-state index contributed by atoms with van der Waals surface area (Å²) in [5.41, 5.74) is 3.77. The molecule has 1 heterocycles. The number of amides is 1. The van der Waals surface area contributed by atoms with Crippen LogP contribution in [0.25, 0.3) is 0 Å². The lowest BCUT2D eigenvalue weighted by molar-refractivity contribution is -0.132. The Bertz CT molecular complexity index is 722. The van der Waals surface area contributed by atoms with Crippen LogP contribution in [0.3, 0.4) is 0 Å². The van der Waals surface area contributed by atoms with Crippen LogP contribution < -0.4 is 4.90 Å². The summed E-state index contributed by atoms with van der Waals surface area (Å²) in [5, 5.41) is 6.50. The highest BCUT2D eigenvalue weighted by molar-refractivity contribution is 7.98. The summed E-state index contributed by atoms with van der Waals surface area (Å²) < 4.78 is 29.0. The number of halogens is 3. The van der Waals surface area contributed by atoms with Crippen molar-refractivity contribution < 1.29 is 18.0 Å². The fourth-order valence-corrected chi connectivity index (χ4v) is 4.28. The Morgan fingerprint density at radius 1 is 1.16 bits per heavy atom. The molecule has 0 N–H and O–H groups in total. The van der Waals surface area contributed by atoms with E-state index in [0.29, 0.717) is 6.54 Å². The third kappa shape index (κ3) is 9.71. The zero-order valence-corrected chi connectivity index (χ0v) is 20.7. The number of carbonyl (C=O) groups excluding carboxylic acids is 1. The average Bonchev–Trinajstić information content (AvgIpc) is 2.77. The van der Waals surface area contributed by atoms with Gasteiger partial charge in [0.2, 0.25) is 5.91 Å². The molecule has 182 valence electrons. The molecule has 0 bridgehead atoms. The number of alkyl halides is 3. The lowest BCUT2D eigenvalue weighted by atomic mass is 10.1. The van der Waals surface area contributed by atoms with E-state index in [-0.39, 0.29) is 5.91 Å². The van der Waals surface area contributed by atoms with Crippen LogP contribution in [0.1, 0.15) is 46.1 Å². The fraction of sp³-hybridized carbons (Fsp3) is 0.652. The van der Waals surface area contributed by atoms with Gasteiger partial charge < -0.3 is 9.80 Å². The summed E-state index contributed by atoms with van der Waals surface area (Å²) in [6, 6.07) is 6.76. The third-order valence-electron chi connectivity index (χ3n) is 5.26. The zero-order chi connectivity index (χ0) is 24.1. The maximum atomic E-state index is 12.7. The van der Waals surface area contributed by atoms with E-state index in [1.807, 2.05) is 28.6 Å². The van der Waals surface area contributed by atoms with Gasteiger partial charge in [-0.2, -0.15) is 18.3 Å². The molecule has 0 radical (unpaired) electrons. The third-order valence-corrected chi connectivity index (χ3v) is 6.08. The van der Waals surface area contributed by atoms with Crippen LogP contribution in [0.15, 0.2) is 28.2 Å². The van der Waals surface area contributed by atoms with Crippen LogP contribution in [0.5, 0.6) is 0 Å². The lowest BCUT2D eigenvalue weighted by Crippen LogP contribution is -2.51. The summed E-state index contributed by atoms with van der Waals surface area (Å²) in [6.07, 6.45) is 5.27. The van der Waals surface area contributed by atoms with Gasteiger partial charge in [-0.05, 0) is 50.6 Å². The standard InChI is InChI=1S/C22H36N4OS.CHF3/c1-6-9-18(4)23-26(8-3)17-22(27)25-14-12-24(13-15-25)20-11-10-19(7-2)21(16-20)28-5;2-1(3)4/h10-11,16H,6-9,12-15,17H2,1-5H3;1H/b23-18-;. The molecule has 32 heavy (non-hydrogen) atoms. The van der Waals surface area contributed by atoms with Gasteiger partial charge in [-0.1, -0.05) is 26.3 Å². The van der Waals surface area contributed by atoms with Gasteiger partial charge in [0.25, 0.3) is 0 Å². The number of hydrogen-bond donors (Lipinski definition) is 0. The van der Waals surface area contributed by atoms with Gasteiger partial charge in [-0.25, -0.2) is 0 Å². The number of benzene rings is 1. The molecule has 1 aliphatic heterocycles. The largest absolute Gasteiger partial charge is 0.379 e. The number of likely N-dealkylation sites (N-methyl/N-ethyl adjacent to an activating group) is 1. The molecule has 0 aliphatic carbocycles. The minimum absolute atomic E-state index is 0.181. The molecule has 0 aromatic heterocycles. The van der Waals surface area contributed by atoms with Crippen molar-refractivity contribution in [2.75, 3.05) is 50.4 Å². The molecule has 1 fully saturated rings. The Hall–Kier alpha value is -1.90. The normalized spacial score (nSPS) is 14.3. The Morgan fingerprint density at radius 3 is 2.28 bits per heavy atom. The second-order valence-electron chi connectivity index (χ2n) is 7.53. The van der Waals surface area contributed by atoms with Gasteiger partial charge in [0.15, 0.2) is 0 Å². The molecule has 1 aliphatic rings. The zero-order valence-electron chi connectivity index (χ0n) is 19.9. The number of rotatable bonds is 9. The van der Waals surface area contributed by atoms with Gasteiger partial charge >= 0.3 is 6.68 Å². The first-order chi connectivity index (χ1) is 15.2. The van der Waals surface area contributed by atoms with Gasteiger partial charge in [-0.15, -0.1) is 11.8 Å². The Labute approximate surface area is 195 Å². The Kier molecular flexibility index (Phi) is 13.2.